The van der Waals surface area contributed by atoms with Gasteiger partial charge in [-0.1, -0.05) is 26.0 Å². The van der Waals surface area contributed by atoms with E-state index >= 15 is 0 Å². The van der Waals surface area contributed by atoms with Crippen molar-refractivity contribution in [2.45, 2.75) is 45.6 Å². The lowest BCUT2D eigenvalue weighted by Crippen LogP contribution is -2.25. The van der Waals surface area contributed by atoms with Crippen molar-refractivity contribution in [1.82, 2.24) is 5.32 Å². The molecule has 1 nitrogen and oxygen atoms in total. The van der Waals surface area contributed by atoms with Gasteiger partial charge in [0.15, 0.2) is 0 Å². The first-order valence-corrected chi connectivity index (χ1v) is 6.53. The second-order valence-corrected chi connectivity index (χ2v) is 5.95. The SMILES string of the molecule is CC(C)(CCNC1CC1)Cc1cccc(F)c1. The standard InChI is InChI=1S/C15H22FN/c1-15(2,8-9-17-14-6-7-14)11-12-4-3-5-13(16)10-12/h3-5,10,14,17H,6-9,11H2,1-2H3. The van der Waals surface area contributed by atoms with E-state index in [0.717, 1.165) is 31.0 Å². The third-order valence-corrected chi connectivity index (χ3v) is 3.38. The van der Waals surface area contributed by atoms with Crippen molar-refractivity contribution < 1.29 is 4.39 Å². The second-order valence-electron chi connectivity index (χ2n) is 5.95. The summed E-state index contributed by atoms with van der Waals surface area (Å²) in [7, 11) is 0. The van der Waals surface area contributed by atoms with Crippen molar-refractivity contribution in [2.24, 2.45) is 5.41 Å². The average Bonchev–Trinajstić information content (AvgIpc) is 3.00. The number of hydrogen-bond donors (Lipinski definition) is 1. The van der Waals surface area contributed by atoms with E-state index in [1.54, 1.807) is 12.1 Å². The van der Waals surface area contributed by atoms with Crippen LogP contribution in [0.3, 0.4) is 0 Å². The zero-order valence-electron chi connectivity index (χ0n) is 10.8. The van der Waals surface area contributed by atoms with Crippen molar-refractivity contribution in [3.8, 4) is 0 Å². The first kappa shape index (κ1) is 12.6. The lowest BCUT2D eigenvalue weighted by molar-refractivity contribution is 0.324. The summed E-state index contributed by atoms with van der Waals surface area (Å²) in [5, 5.41) is 3.54. The molecule has 0 spiro atoms. The van der Waals surface area contributed by atoms with E-state index < -0.39 is 0 Å². The molecule has 0 saturated heterocycles. The Labute approximate surface area is 103 Å². The van der Waals surface area contributed by atoms with Crippen LogP contribution in [0, 0.1) is 11.2 Å². The maximum Gasteiger partial charge on any atom is 0.123 e. The minimum Gasteiger partial charge on any atom is -0.314 e. The average molecular weight is 235 g/mol. The number of nitrogens with one attached hydrogen (secondary N) is 1. The Balaban J connectivity index is 1.82. The quantitative estimate of drug-likeness (QED) is 0.795. The van der Waals surface area contributed by atoms with Crippen molar-refractivity contribution >= 4 is 0 Å². The molecule has 0 atom stereocenters. The second kappa shape index (κ2) is 5.18. The smallest absolute Gasteiger partial charge is 0.123 e. The molecular weight excluding hydrogens is 213 g/mol. The van der Waals surface area contributed by atoms with Gasteiger partial charge in [0.25, 0.3) is 0 Å². The van der Waals surface area contributed by atoms with Crippen LogP contribution in [0.2, 0.25) is 0 Å². The van der Waals surface area contributed by atoms with E-state index in [1.807, 2.05) is 6.07 Å². The minimum atomic E-state index is -0.130. The lowest BCUT2D eigenvalue weighted by Gasteiger charge is -2.25. The van der Waals surface area contributed by atoms with E-state index in [1.165, 1.54) is 18.9 Å². The van der Waals surface area contributed by atoms with Crippen molar-refractivity contribution in [3.05, 3.63) is 35.6 Å². The summed E-state index contributed by atoms with van der Waals surface area (Å²) in [5.74, 6) is -0.130. The molecule has 0 heterocycles. The summed E-state index contributed by atoms with van der Waals surface area (Å²) in [6.45, 7) is 5.59. The highest BCUT2D eigenvalue weighted by atomic mass is 19.1. The Kier molecular flexibility index (Phi) is 3.82. The molecule has 2 heteroatoms. The van der Waals surface area contributed by atoms with Crippen molar-refractivity contribution in [1.29, 1.82) is 0 Å². The van der Waals surface area contributed by atoms with Crippen LogP contribution in [-0.2, 0) is 6.42 Å². The molecule has 1 aromatic carbocycles. The van der Waals surface area contributed by atoms with Gasteiger partial charge in [-0.2, -0.15) is 0 Å². The molecule has 1 aromatic rings. The molecule has 1 aliphatic carbocycles. The fourth-order valence-corrected chi connectivity index (χ4v) is 2.19. The summed E-state index contributed by atoms with van der Waals surface area (Å²) in [4.78, 5) is 0. The van der Waals surface area contributed by atoms with Gasteiger partial charge >= 0.3 is 0 Å². The third kappa shape index (κ3) is 4.47. The van der Waals surface area contributed by atoms with Crippen LogP contribution < -0.4 is 5.32 Å². The van der Waals surface area contributed by atoms with E-state index in [4.69, 9.17) is 0 Å². The Morgan fingerprint density at radius 3 is 2.76 bits per heavy atom. The van der Waals surface area contributed by atoms with Crippen LogP contribution in [0.15, 0.2) is 24.3 Å². The van der Waals surface area contributed by atoms with Crippen molar-refractivity contribution in [3.63, 3.8) is 0 Å². The Morgan fingerprint density at radius 1 is 1.35 bits per heavy atom. The maximum atomic E-state index is 13.1. The number of hydrogen-bond acceptors (Lipinski definition) is 1. The summed E-state index contributed by atoms with van der Waals surface area (Å²) in [6.07, 6.45) is 4.76. The van der Waals surface area contributed by atoms with E-state index in [0.29, 0.717) is 0 Å². The molecule has 0 radical (unpaired) electrons. The number of benzene rings is 1. The highest BCUT2D eigenvalue weighted by Gasteiger charge is 2.23. The van der Waals surface area contributed by atoms with Gasteiger partial charge in [-0.05, 0) is 55.3 Å². The highest BCUT2D eigenvalue weighted by molar-refractivity contribution is 5.17. The van der Waals surface area contributed by atoms with Gasteiger partial charge in [0.2, 0.25) is 0 Å². The molecule has 0 aromatic heterocycles. The molecule has 0 aliphatic heterocycles. The molecular formula is C15H22FN. The zero-order chi connectivity index (χ0) is 12.3. The van der Waals surface area contributed by atoms with E-state index in [9.17, 15) is 4.39 Å². The third-order valence-electron chi connectivity index (χ3n) is 3.38. The normalized spacial score (nSPS) is 16.2. The summed E-state index contributed by atoms with van der Waals surface area (Å²) in [5.41, 5.74) is 1.33. The molecule has 1 fully saturated rings. The van der Waals surface area contributed by atoms with Gasteiger partial charge in [-0.25, -0.2) is 4.39 Å². The predicted molar refractivity (Wildman–Crippen MR) is 69.5 cm³/mol. The predicted octanol–water partition coefficient (Wildman–Crippen LogP) is 3.54. The van der Waals surface area contributed by atoms with E-state index in [2.05, 4.69) is 19.2 Å². The molecule has 94 valence electrons. The Morgan fingerprint density at radius 2 is 2.12 bits per heavy atom. The van der Waals surface area contributed by atoms with E-state index in [-0.39, 0.29) is 11.2 Å². The molecule has 1 aliphatic rings. The zero-order valence-corrected chi connectivity index (χ0v) is 10.8. The van der Waals surface area contributed by atoms with Crippen LogP contribution in [0.5, 0.6) is 0 Å². The molecule has 0 unspecified atom stereocenters. The summed E-state index contributed by atoms with van der Waals surface area (Å²) >= 11 is 0. The van der Waals surface area contributed by atoms with Gasteiger partial charge in [-0.3, -0.25) is 0 Å². The van der Waals surface area contributed by atoms with Gasteiger partial charge in [0.05, 0.1) is 0 Å². The molecule has 0 amide bonds. The summed E-state index contributed by atoms with van der Waals surface area (Å²) < 4.78 is 13.1. The van der Waals surface area contributed by atoms with Crippen molar-refractivity contribution in [2.75, 3.05) is 6.54 Å². The first-order valence-electron chi connectivity index (χ1n) is 6.53. The highest BCUT2D eigenvalue weighted by Crippen LogP contribution is 2.26. The molecule has 1 N–H and O–H groups in total. The van der Waals surface area contributed by atoms with Crippen LogP contribution in [0.1, 0.15) is 38.7 Å². The topological polar surface area (TPSA) is 12.0 Å². The monoisotopic (exact) mass is 235 g/mol. The molecule has 1 saturated carbocycles. The Bertz CT molecular complexity index is 369. The fourth-order valence-electron chi connectivity index (χ4n) is 2.19. The van der Waals surface area contributed by atoms with Gasteiger partial charge in [-0.15, -0.1) is 0 Å². The maximum absolute atomic E-state index is 13.1. The van der Waals surface area contributed by atoms with Crippen LogP contribution in [0.25, 0.3) is 0 Å². The first-order chi connectivity index (χ1) is 8.05. The van der Waals surface area contributed by atoms with Crippen LogP contribution >= 0.6 is 0 Å². The van der Waals surface area contributed by atoms with Crippen LogP contribution in [0.4, 0.5) is 4.39 Å². The number of rotatable bonds is 6. The lowest BCUT2D eigenvalue weighted by atomic mass is 9.82. The van der Waals surface area contributed by atoms with Gasteiger partial charge in [0.1, 0.15) is 5.82 Å². The summed E-state index contributed by atoms with van der Waals surface area (Å²) in [6, 6.07) is 7.74. The molecule has 2 rings (SSSR count). The molecule has 17 heavy (non-hydrogen) atoms. The fraction of sp³-hybridized carbons (Fsp3) is 0.600. The minimum absolute atomic E-state index is 0.130. The Hall–Kier alpha value is -0.890. The largest absolute Gasteiger partial charge is 0.314 e. The molecule has 0 bridgehead atoms. The van der Waals surface area contributed by atoms with Gasteiger partial charge in [0, 0.05) is 6.04 Å². The van der Waals surface area contributed by atoms with Crippen LogP contribution in [-0.4, -0.2) is 12.6 Å². The number of halogens is 1. The van der Waals surface area contributed by atoms with Gasteiger partial charge < -0.3 is 5.32 Å².